The van der Waals surface area contributed by atoms with Crippen LogP contribution in [0.4, 0.5) is 4.39 Å². The van der Waals surface area contributed by atoms with Crippen LogP contribution in [0.5, 0.6) is 0 Å². The lowest BCUT2D eigenvalue weighted by Crippen LogP contribution is -2.44. The lowest BCUT2D eigenvalue weighted by Gasteiger charge is -2.36. The van der Waals surface area contributed by atoms with Crippen molar-refractivity contribution in [2.24, 2.45) is 0 Å². The number of halogens is 1. The van der Waals surface area contributed by atoms with E-state index in [1.165, 1.54) is 44.2 Å². The van der Waals surface area contributed by atoms with Crippen LogP contribution in [-0.2, 0) is 11.3 Å². The standard InChI is InChI=1S/C18H25FN2O/c19-15-8-6-14(7-9-15)12-21(17-4-2-1-3-5-17)13-16-10-11-18(22)20-16/h6-9,16-17H,1-5,10-13H2,(H,20,22). The van der Waals surface area contributed by atoms with Gasteiger partial charge in [0.1, 0.15) is 5.82 Å². The summed E-state index contributed by atoms with van der Waals surface area (Å²) in [5, 5.41) is 3.08. The Hall–Kier alpha value is -1.42. The predicted molar refractivity (Wildman–Crippen MR) is 84.8 cm³/mol. The molecular formula is C18H25FN2O. The van der Waals surface area contributed by atoms with Crippen LogP contribution in [0.2, 0.25) is 0 Å². The minimum absolute atomic E-state index is 0.176. The fraction of sp³-hybridized carbons (Fsp3) is 0.611. The minimum Gasteiger partial charge on any atom is -0.352 e. The van der Waals surface area contributed by atoms with Gasteiger partial charge in [-0.3, -0.25) is 9.69 Å². The summed E-state index contributed by atoms with van der Waals surface area (Å²) in [6, 6.07) is 7.68. The van der Waals surface area contributed by atoms with Gasteiger partial charge in [0, 0.05) is 31.6 Å². The number of carbonyl (C=O) groups excluding carboxylic acids is 1. The smallest absolute Gasteiger partial charge is 0.220 e. The normalized spacial score (nSPS) is 23.0. The van der Waals surface area contributed by atoms with Crippen molar-refractivity contribution in [1.82, 2.24) is 10.2 Å². The van der Waals surface area contributed by atoms with E-state index in [-0.39, 0.29) is 17.8 Å². The monoisotopic (exact) mass is 304 g/mol. The Balaban J connectivity index is 1.67. The molecule has 0 aromatic heterocycles. The summed E-state index contributed by atoms with van der Waals surface area (Å²) < 4.78 is 13.1. The molecule has 1 heterocycles. The lowest BCUT2D eigenvalue weighted by molar-refractivity contribution is -0.119. The van der Waals surface area contributed by atoms with Crippen LogP contribution < -0.4 is 5.32 Å². The van der Waals surface area contributed by atoms with Gasteiger partial charge in [0.25, 0.3) is 0 Å². The van der Waals surface area contributed by atoms with Gasteiger partial charge in [0.05, 0.1) is 0 Å². The molecule has 1 saturated carbocycles. The number of hydrogen-bond acceptors (Lipinski definition) is 2. The van der Waals surface area contributed by atoms with Gasteiger partial charge in [-0.2, -0.15) is 0 Å². The summed E-state index contributed by atoms with van der Waals surface area (Å²) in [6.45, 7) is 1.76. The molecule has 1 amide bonds. The largest absolute Gasteiger partial charge is 0.352 e. The molecule has 2 fully saturated rings. The van der Waals surface area contributed by atoms with Crippen molar-refractivity contribution < 1.29 is 9.18 Å². The zero-order valence-electron chi connectivity index (χ0n) is 13.1. The van der Waals surface area contributed by atoms with E-state index in [9.17, 15) is 9.18 Å². The molecular weight excluding hydrogens is 279 g/mol. The van der Waals surface area contributed by atoms with Gasteiger partial charge < -0.3 is 5.32 Å². The van der Waals surface area contributed by atoms with Crippen molar-refractivity contribution in [1.29, 1.82) is 0 Å². The van der Waals surface area contributed by atoms with Crippen LogP contribution in [0.25, 0.3) is 0 Å². The second-order valence-corrected chi connectivity index (χ2v) is 6.65. The zero-order chi connectivity index (χ0) is 15.4. The minimum atomic E-state index is -0.184. The van der Waals surface area contributed by atoms with Crippen molar-refractivity contribution in [3.8, 4) is 0 Å². The van der Waals surface area contributed by atoms with Crippen molar-refractivity contribution in [2.75, 3.05) is 6.54 Å². The van der Waals surface area contributed by atoms with Crippen molar-refractivity contribution >= 4 is 5.91 Å². The molecule has 1 saturated heterocycles. The number of benzene rings is 1. The summed E-state index contributed by atoms with van der Waals surface area (Å²) in [7, 11) is 0. The first-order valence-electron chi connectivity index (χ1n) is 8.48. The first-order chi connectivity index (χ1) is 10.7. The Morgan fingerprint density at radius 2 is 1.82 bits per heavy atom. The lowest BCUT2D eigenvalue weighted by atomic mass is 9.93. The van der Waals surface area contributed by atoms with Crippen molar-refractivity contribution in [2.45, 2.75) is 63.6 Å². The Morgan fingerprint density at radius 1 is 1.09 bits per heavy atom. The highest BCUT2D eigenvalue weighted by Crippen LogP contribution is 2.25. The number of nitrogens with zero attached hydrogens (tertiary/aromatic N) is 1. The van der Waals surface area contributed by atoms with Gasteiger partial charge in [-0.25, -0.2) is 4.39 Å². The fourth-order valence-electron chi connectivity index (χ4n) is 3.71. The Labute approximate surface area is 131 Å². The average molecular weight is 304 g/mol. The summed E-state index contributed by atoms with van der Waals surface area (Å²) in [6.07, 6.45) is 7.99. The van der Waals surface area contributed by atoms with Gasteiger partial charge in [0.15, 0.2) is 0 Å². The molecule has 1 atom stereocenters. The molecule has 3 rings (SSSR count). The van der Waals surface area contributed by atoms with E-state index in [1.807, 2.05) is 12.1 Å². The first-order valence-corrected chi connectivity index (χ1v) is 8.48. The summed E-state index contributed by atoms with van der Waals surface area (Å²) in [5.41, 5.74) is 1.15. The van der Waals surface area contributed by atoms with Gasteiger partial charge in [-0.1, -0.05) is 31.4 Å². The number of rotatable bonds is 5. The van der Waals surface area contributed by atoms with Crippen LogP contribution in [0.15, 0.2) is 24.3 Å². The van der Waals surface area contributed by atoms with Gasteiger partial charge >= 0.3 is 0 Å². The molecule has 3 nitrogen and oxygen atoms in total. The average Bonchev–Trinajstić information content (AvgIpc) is 2.95. The molecule has 0 bridgehead atoms. The van der Waals surface area contributed by atoms with Gasteiger partial charge in [0.2, 0.25) is 5.91 Å². The Morgan fingerprint density at radius 3 is 2.45 bits per heavy atom. The molecule has 120 valence electrons. The van der Waals surface area contributed by atoms with Gasteiger partial charge in [-0.05, 0) is 37.0 Å². The maximum atomic E-state index is 13.1. The van der Waals surface area contributed by atoms with E-state index in [2.05, 4.69) is 10.2 Å². The molecule has 1 aliphatic carbocycles. The summed E-state index contributed by atoms with van der Waals surface area (Å²) in [5.74, 6) is -0.00796. The second kappa shape index (κ2) is 7.23. The van der Waals surface area contributed by atoms with Crippen LogP contribution in [0.3, 0.4) is 0 Å². The highest BCUT2D eigenvalue weighted by atomic mass is 19.1. The third-order valence-electron chi connectivity index (χ3n) is 4.93. The van der Waals surface area contributed by atoms with Crippen molar-refractivity contribution in [3.05, 3.63) is 35.6 Å². The quantitative estimate of drug-likeness (QED) is 0.906. The Kier molecular flexibility index (Phi) is 5.08. The van der Waals surface area contributed by atoms with Crippen LogP contribution in [-0.4, -0.2) is 29.4 Å². The topological polar surface area (TPSA) is 32.3 Å². The van der Waals surface area contributed by atoms with Crippen LogP contribution >= 0.6 is 0 Å². The number of carbonyl (C=O) groups is 1. The first kappa shape index (κ1) is 15.5. The maximum Gasteiger partial charge on any atom is 0.220 e. The van der Waals surface area contributed by atoms with Crippen molar-refractivity contribution in [3.63, 3.8) is 0 Å². The summed E-state index contributed by atoms with van der Waals surface area (Å²) >= 11 is 0. The van der Waals surface area contributed by atoms with E-state index in [1.54, 1.807) is 0 Å². The highest BCUT2D eigenvalue weighted by Gasteiger charge is 2.27. The zero-order valence-corrected chi connectivity index (χ0v) is 13.1. The number of amides is 1. The van der Waals surface area contributed by atoms with E-state index in [0.29, 0.717) is 12.5 Å². The SMILES string of the molecule is O=C1CCC(CN(Cc2ccc(F)cc2)C2CCCCC2)N1. The van der Waals surface area contributed by atoms with E-state index >= 15 is 0 Å². The molecule has 0 spiro atoms. The van der Waals surface area contributed by atoms with Crippen LogP contribution in [0.1, 0.15) is 50.5 Å². The predicted octanol–water partition coefficient (Wildman–Crippen LogP) is 3.24. The van der Waals surface area contributed by atoms with Crippen LogP contribution in [0, 0.1) is 5.82 Å². The summed E-state index contributed by atoms with van der Waals surface area (Å²) in [4.78, 5) is 13.9. The molecule has 4 heteroatoms. The van der Waals surface area contributed by atoms with E-state index in [0.717, 1.165) is 25.1 Å². The molecule has 1 aliphatic heterocycles. The fourth-order valence-corrected chi connectivity index (χ4v) is 3.71. The molecule has 1 unspecified atom stereocenters. The number of nitrogens with one attached hydrogen (secondary N) is 1. The number of hydrogen-bond donors (Lipinski definition) is 1. The van der Waals surface area contributed by atoms with E-state index < -0.39 is 0 Å². The van der Waals surface area contributed by atoms with Gasteiger partial charge in [-0.15, -0.1) is 0 Å². The molecule has 0 radical (unpaired) electrons. The third kappa shape index (κ3) is 4.07. The third-order valence-corrected chi connectivity index (χ3v) is 4.93. The molecule has 1 aromatic carbocycles. The molecule has 2 aliphatic rings. The second-order valence-electron chi connectivity index (χ2n) is 6.65. The Bertz CT molecular complexity index is 496. The highest BCUT2D eigenvalue weighted by molar-refractivity contribution is 5.78. The molecule has 22 heavy (non-hydrogen) atoms. The molecule has 1 N–H and O–H groups in total. The molecule has 1 aromatic rings. The maximum absolute atomic E-state index is 13.1. The van der Waals surface area contributed by atoms with E-state index in [4.69, 9.17) is 0 Å².